The Labute approximate surface area is 193 Å². The van der Waals surface area contributed by atoms with E-state index in [2.05, 4.69) is 15.3 Å². The molecule has 0 radical (unpaired) electrons. The molecule has 2 aromatic heterocycles. The number of carbonyl (C=O) groups excluding carboxylic acids is 1. The number of anilines is 2. The smallest absolute Gasteiger partial charge is 0.235 e. The lowest BCUT2D eigenvalue weighted by Crippen LogP contribution is -2.15. The van der Waals surface area contributed by atoms with Gasteiger partial charge in [0.15, 0.2) is 5.78 Å². The number of hydrogen-bond acceptors (Lipinski definition) is 7. The maximum Gasteiger partial charge on any atom is 0.235 e. The second-order valence-corrected chi connectivity index (χ2v) is 7.51. The van der Waals surface area contributed by atoms with Crippen LogP contribution in [0.1, 0.15) is 10.4 Å². The van der Waals surface area contributed by atoms with Crippen LogP contribution in [-0.4, -0.2) is 40.9 Å². The van der Waals surface area contributed by atoms with E-state index < -0.39 is 0 Å². The standard InChI is InChI=1S/C22H19Cl2N5O3/c1-31-12-9-13(16(30)11-25)18(17(10-12)32-2)20-21(29-8-4-7-26-22(29)28-20)27-19-14(23)5-3-6-15(19)24/h3-10,27H,11,25H2,1-2H3. The molecule has 0 aliphatic rings. The Morgan fingerprint density at radius 2 is 1.91 bits per heavy atom. The van der Waals surface area contributed by atoms with E-state index in [-0.39, 0.29) is 12.3 Å². The first-order valence-electron chi connectivity index (χ1n) is 9.52. The molecule has 8 nitrogen and oxygen atoms in total. The van der Waals surface area contributed by atoms with Gasteiger partial charge in [-0.2, -0.15) is 0 Å². The minimum atomic E-state index is -0.302. The number of carbonyl (C=O) groups is 1. The number of nitrogens with zero attached hydrogens (tertiary/aromatic N) is 3. The fourth-order valence-electron chi connectivity index (χ4n) is 3.36. The van der Waals surface area contributed by atoms with E-state index in [9.17, 15) is 4.79 Å². The van der Waals surface area contributed by atoms with Gasteiger partial charge in [0.25, 0.3) is 0 Å². The number of Topliss-reactive ketones (excluding diaryl/α,β-unsaturated/α-hetero) is 1. The van der Waals surface area contributed by atoms with E-state index in [1.165, 1.54) is 14.2 Å². The van der Waals surface area contributed by atoms with Crippen LogP contribution in [0.4, 0.5) is 11.5 Å². The zero-order valence-electron chi connectivity index (χ0n) is 17.2. The first-order chi connectivity index (χ1) is 15.5. The average Bonchev–Trinajstić information content (AvgIpc) is 3.17. The number of imidazole rings is 1. The molecule has 0 fully saturated rings. The van der Waals surface area contributed by atoms with Gasteiger partial charge >= 0.3 is 0 Å². The lowest BCUT2D eigenvalue weighted by atomic mass is 9.98. The summed E-state index contributed by atoms with van der Waals surface area (Å²) in [5, 5.41) is 4.10. The third-order valence-corrected chi connectivity index (χ3v) is 5.49. The Hall–Kier alpha value is -3.33. The van der Waals surface area contributed by atoms with Crippen LogP contribution >= 0.6 is 23.2 Å². The number of hydrogen-bond donors (Lipinski definition) is 2. The van der Waals surface area contributed by atoms with E-state index in [1.807, 2.05) is 0 Å². The van der Waals surface area contributed by atoms with E-state index in [0.29, 0.717) is 55.6 Å². The highest BCUT2D eigenvalue weighted by molar-refractivity contribution is 6.39. The molecule has 0 spiro atoms. The van der Waals surface area contributed by atoms with Crippen molar-refractivity contribution in [2.45, 2.75) is 0 Å². The summed E-state index contributed by atoms with van der Waals surface area (Å²) in [6.45, 7) is -0.200. The predicted molar refractivity (Wildman–Crippen MR) is 125 cm³/mol. The zero-order valence-corrected chi connectivity index (χ0v) is 18.7. The summed E-state index contributed by atoms with van der Waals surface area (Å²) >= 11 is 12.8. The number of rotatable bonds is 7. The molecule has 0 unspecified atom stereocenters. The molecule has 0 saturated heterocycles. The van der Waals surface area contributed by atoms with Crippen molar-refractivity contribution in [3.8, 4) is 22.8 Å². The molecule has 0 amide bonds. The van der Waals surface area contributed by atoms with E-state index in [0.717, 1.165) is 0 Å². The lowest BCUT2D eigenvalue weighted by Gasteiger charge is -2.16. The van der Waals surface area contributed by atoms with Crippen molar-refractivity contribution in [3.05, 3.63) is 64.4 Å². The van der Waals surface area contributed by atoms with E-state index in [4.69, 9.17) is 38.4 Å². The lowest BCUT2D eigenvalue weighted by molar-refractivity contribution is 0.100. The summed E-state index contributed by atoms with van der Waals surface area (Å²) in [6, 6.07) is 10.2. The van der Waals surface area contributed by atoms with Gasteiger partial charge in [0.2, 0.25) is 5.78 Å². The first-order valence-corrected chi connectivity index (χ1v) is 10.3. The normalized spacial score (nSPS) is 10.9. The third-order valence-electron chi connectivity index (χ3n) is 4.86. The van der Waals surface area contributed by atoms with E-state index in [1.54, 1.807) is 53.2 Å². The maximum atomic E-state index is 12.8. The number of fused-ring (bicyclic) bond motifs is 1. The summed E-state index contributed by atoms with van der Waals surface area (Å²) in [5.41, 5.74) is 7.34. The zero-order chi connectivity index (χ0) is 22.8. The molecule has 0 atom stereocenters. The number of nitrogens with two attached hydrogens (primary N) is 1. The number of nitrogens with one attached hydrogen (secondary N) is 1. The largest absolute Gasteiger partial charge is 0.497 e. The predicted octanol–water partition coefficient (Wildman–Crippen LogP) is 4.61. The van der Waals surface area contributed by atoms with Crippen LogP contribution in [-0.2, 0) is 0 Å². The van der Waals surface area contributed by atoms with Crippen molar-refractivity contribution in [1.82, 2.24) is 14.4 Å². The first kappa shape index (κ1) is 21.9. The Morgan fingerprint density at radius 3 is 2.56 bits per heavy atom. The van der Waals surface area contributed by atoms with Gasteiger partial charge in [0.1, 0.15) is 23.0 Å². The minimum Gasteiger partial charge on any atom is -0.497 e. The summed E-state index contributed by atoms with van der Waals surface area (Å²) in [4.78, 5) is 21.8. The molecular formula is C22H19Cl2N5O3. The highest BCUT2D eigenvalue weighted by atomic mass is 35.5. The van der Waals surface area contributed by atoms with Gasteiger partial charge in [-0.1, -0.05) is 29.3 Å². The number of methoxy groups -OCH3 is 2. The topological polar surface area (TPSA) is 104 Å². The summed E-state index contributed by atoms with van der Waals surface area (Å²) in [6.07, 6.45) is 3.40. The van der Waals surface area contributed by atoms with E-state index >= 15 is 0 Å². The van der Waals surface area contributed by atoms with Crippen LogP contribution in [0.2, 0.25) is 10.0 Å². The molecular weight excluding hydrogens is 453 g/mol. The Morgan fingerprint density at radius 1 is 1.16 bits per heavy atom. The Kier molecular flexibility index (Phi) is 6.18. The monoisotopic (exact) mass is 471 g/mol. The molecule has 2 aromatic carbocycles. The second-order valence-electron chi connectivity index (χ2n) is 6.70. The van der Waals surface area contributed by atoms with Gasteiger partial charge in [0.05, 0.1) is 42.1 Å². The van der Waals surface area contributed by atoms with Gasteiger partial charge in [-0.3, -0.25) is 9.20 Å². The van der Waals surface area contributed by atoms with Gasteiger partial charge in [-0.05, 0) is 24.3 Å². The van der Waals surface area contributed by atoms with Crippen molar-refractivity contribution in [2.75, 3.05) is 26.1 Å². The number of aromatic nitrogens is 3. The van der Waals surface area contributed by atoms with Crippen LogP contribution in [0.25, 0.3) is 17.0 Å². The molecule has 0 aliphatic heterocycles. The van der Waals surface area contributed by atoms with Crippen molar-refractivity contribution in [2.24, 2.45) is 5.73 Å². The van der Waals surface area contributed by atoms with Gasteiger partial charge < -0.3 is 20.5 Å². The highest BCUT2D eigenvalue weighted by Gasteiger charge is 2.26. The number of para-hydroxylation sites is 1. The van der Waals surface area contributed by atoms with Gasteiger partial charge in [-0.25, -0.2) is 9.97 Å². The van der Waals surface area contributed by atoms with Crippen molar-refractivity contribution in [3.63, 3.8) is 0 Å². The van der Waals surface area contributed by atoms with Crippen LogP contribution < -0.4 is 20.5 Å². The summed E-state index contributed by atoms with van der Waals surface area (Å²) in [7, 11) is 3.01. The molecule has 4 rings (SSSR count). The molecule has 2 heterocycles. The third kappa shape index (κ3) is 3.84. The summed E-state index contributed by atoms with van der Waals surface area (Å²) in [5.74, 6) is 1.43. The Bertz CT molecular complexity index is 1300. The van der Waals surface area contributed by atoms with Crippen molar-refractivity contribution in [1.29, 1.82) is 0 Å². The van der Waals surface area contributed by atoms with Crippen LogP contribution in [0, 0.1) is 0 Å². The van der Waals surface area contributed by atoms with Gasteiger partial charge in [-0.15, -0.1) is 0 Å². The van der Waals surface area contributed by atoms with Crippen molar-refractivity contribution >= 4 is 46.3 Å². The number of ether oxygens (including phenoxy) is 2. The molecule has 32 heavy (non-hydrogen) atoms. The maximum absolute atomic E-state index is 12.8. The van der Waals surface area contributed by atoms with Crippen LogP contribution in [0.3, 0.4) is 0 Å². The molecule has 164 valence electrons. The molecule has 0 bridgehead atoms. The molecule has 4 aromatic rings. The van der Waals surface area contributed by atoms with Gasteiger partial charge in [0, 0.05) is 24.0 Å². The minimum absolute atomic E-state index is 0.200. The fraction of sp³-hybridized carbons (Fsp3) is 0.136. The molecule has 10 heteroatoms. The molecule has 3 N–H and O–H groups in total. The highest BCUT2D eigenvalue weighted by Crippen LogP contribution is 2.42. The quantitative estimate of drug-likeness (QED) is 0.379. The number of halogens is 2. The number of ketones is 1. The number of benzene rings is 2. The van der Waals surface area contributed by atoms with Crippen molar-refractivity contribution < 1.29 is 14.3 Å². The second kappa shape index (κ2) is 9.04. The SMILES string of the molecule is COc1cc(OC)c(-c2nc3ncccn3c2Nc2c(Cl)cccc2Cl)c(C(=O)CN)c1. The fourth-order valence-corrected chi connectivity index (χ4v) is 3.85. The average molecular weight is 472 g/mol. The Balaban J connectivity index is 2.04. The van der Waals surface area contributed by atoms with Crippen LogP contribution in [0.15, 0.2) is 48.8 Å². The summed E-state index contributed by atoms with van der Waals surface area (Å²) < 4.78 is 12.7. The molecule has 0 aliphatic carbocycles. The molecule has 0 saturated carbocycles. The van der Waals surface area contributed by atoms with Crippen LogP contribution in [0.5, 0.6) is 11.5 Å².